The summed E-state index contributed by atoms with van der Waals surface area (Å²) < 4.78 is 67.4. The van der Waals surface area contributed by atoms with E-state index in [4.69, 9.17) is 11.6 Å². The SMILES string of the molecule is CC(C)N1C(=O)N(S(=O)(=O)c2ccccc2Cl)CC1C(=O)N1CCN(c2ncccc2C(F)(F)F)CC1. The fourth-order valence-electron chi connectivity index (χ4n) is 4.56. The normalized spacial score (nSPS) is 19.2. The van der Waals surface area contributed by atoms with Crippen molar-refractivity contribution in [2.75, 3.05) is 37.6 Å². The number of amides is 3. The molecule has 0 bridgehead atoms. The molecule has 1 aromatic heterocycles. The minimum absolute atomic E-state index is 0.0509. The summed E-state index contributed by atoms with van der Waals surface area (Å²) in [5.41, 5.74) is -0.859. The Morgan fingerprint density at radius 2 is 1.73 bits per heavy atom. The second-order valence-corrected chi connectivity index (χ2v) is 11.2. The standard InChI is InChI=1S/C23H25ClF3N5O4S/c1-15(2)32-18(14-31(22(32)34)37(35,36)19-8-4-3-7-17(19)24)21(33)30-12-10-29(11-13-30)20-16(23(25,26)27)6-5-9-28-20/h3-9,15,18H,10-14H2,1-2H3. The molecule has 14 heteroatoms. The first-order chi connectivity index (χ1) is 17.3. The predicted molar refractivity (Wildman–Crippen MR) is 130 cm³/mol. The molecular weight excluding hydrogens is 535 g/mol. The number of alkyl halides is 3. The van der Waals surface area contributed by atoms with Crippen LogP contribution in [0.3, 0.4) is 0 Å². The molecular formula is C23H25ClF3N5O4S. The number of sulfonamides is 1. The Balaban J connectivity index is 1.53. The minimum Gasteiger partial charge on any atom is -0.353 e. The molecule has 1 aromatic carbocycles. The number of piperazine rings is 1. The summed E-state index contributed by atoms with van der Waals surface area (Å²) in [6, 6.07) is 5.47. The van der Waals surface area contributed by atoms with Gasteiger partial charge in [0.1, 0.15) is 16.8 Å². The van der Waals surface area contributed by atoms with E-state index in [0.717, 1.165) is 6.07 Å². The first-order valence-corrected chi connectivity index (χ1v) is 13.3. The molecule has 4 rings (SSSR count). The van der Waals surface area contributed by atoms with Crippen LogP contribution in [0.2, 0.25) is 5.02 Å². The van der Waals surface area contributed by atoms with Crippen molar-refractivity contribution in [3.63, 3.8) is 0 Å². The maximum absolute atomic E-state index is 13.5. The Morgan fingerprint density at radius 3 is 2.32 bits per heavy atom. The first-order valence-electron chi connectivity index (χ1n) is 11.5. The summed E-state index contributed by atoms with van der Waals surface area (Å²) in [6.07, 6.45) is -3.30. The fraction of sp³-hybridized carbons (Fsp3) is 0.435. The van der Waals surface area contributed by atoms with Crippen molar-refractivity contribution in [1.82, 2.24) is 19.1 Å². The number of aromatic nitrogens is 1. The number of anilines is 1. The van der Waals surface area contributed by atoms with Crippen LogP contribution in [0, 0.1) is 0 Å². The van der Waals surface area contributed by atoms with Gasteiger partial charge < -0.3 is 14.7 Å². The summed E-state index contributed by atoms with van der Waals surface area (Å²) in [7, 11) is -4.33. The van der Waals surface area contributed by atoms with Crippen LogP contribution in [0.5, 0.6) is 0 Å². The van der Waals surface area contributed by atoms with Crippen LogP contribution < -0.4 is 4.90 Å². The number of urea groups is 1. The van der Waals surface area contributed by atoms with Gasteiger partial charge in [-0.05, 0) is 38.1 Å². The average molecular weight is 560 g/mol. The molecule has 2 aliphatic heterocycles. The van der Waals surface area contributed by atoms with Crippen LogP contribution in [0.1, 0.15) is 19.4 Å². The third kappa shape index (κ3) is 5.06. The molecule has 200 valence electrons. The molecule has 2 fully saturated rings. The molecule has 0 saturated carbocycles. The highest BCUT2D eigenvalue weighted by molar-refractivity contribution is 7.89. The Kier molecular flexibility index (Phi) is 7.30. The Morgan fingerprint density at radius 1 is 1.08 bits per heavy atom. The maximum Gasteiger partial charge on any atom is 0.419 e. The molecule has 1 atom stereocenters. The van der Waals surface area contributed by atoms with E-state index in [-0.39, 0.29) is 41.9 Å². The van der Waals surface area contributed by atoms with E-state index in [2.05, 4.69) is 4.98 Å². The van der Waals surface area contributed by atoms with Gasteiger partial charge in [0.25, 0.3) is 10.0 Å². The molecule has 1 unspecified atom stereocenters. The number of carbonyl (C=O) groups is 2. The fourth-order valence-corrected chi connectivity index (χ4v) is 6.42. The third-order valence-corrected chi connectivity index (χ3v) is 8.58. The van der Waals surface area contributed by atoms with Gasteiger partial charge in [0.05, 0.1) is 17.1 Å². The van der Waals surface area contributed by atoms with Crippen molar-refractivity contribution < 1.29 is 31.2 Å². The average Bonchev–Trinajstić information content (AvgIpc) is 3.21. The van der Waals surface area contributed by atoms with Gasteiger partial charge in [0.2, 0.25) is 5.91 Å². The maximum atomic E-state index is 13.5. The monoisotopic (exact) mass is 559 g/mol. The molecule has 3 amide bonds. The van der Waals surface area contributed by atoms with Gasteiger partial charge in [-0.1, -0.05) is 23.7 Å². The van der Waals surface area contributed by atoms with E-state index in [1.54, 1.807) is 19.9 Å². The zero-order valence-corrected chi connectivity index (χ0v) is 21.6. The van der Waals surface area contributed by atoms with Gasteiger partial charge in [0, 0.05) is 38.4 Å². The van der Waals surface area contributed by atoms with Gasteiger partial charge in [-0.3, -0.25) is 4.79 Å². The van der Waals surface area contributed by atoms with Crippen molar-refractivity contribution in [2.24, 2.45) is 0 Å². The zero-order chi connectivity index (χ0) is 27.1. The van der Waals surface area contributed by atoms with Crippen LogP contribution in [-0.4, -0.2) is 84.3 Å². The zero-order valence-electron chi connectivity index (χ0n) is 20.0. The number of carbonyl (C=O) groups excluding carboxylic acids is 2. The number of nitrogens with zero attached hydrogens (tertiary/aromatic N) is 5. The largest absolute Gasteiger partial charge is 0.419 e. The summed E-state index contributed by atoms with van der Waals surface area (Å²) in [6.45, 7) is 3.29. The summed E-state index contributed by atoms with van der Waals surface area (Å²) in [5, 5.41) is -0.0509. The number of rotatable bonds is 5. The highest BCUT2D eigenvalue weighted by Crippen LogP contribution is 2.36. The van der Waals surface area contributed by atoms with Crippen LogP contribution >= 0.6 is 11.6 Å². The Bertz CT molecular complexity index is 1300. The summed E-state index contributed by atoms with van der Waals surface area (Å²) in [4.78, 5) is 34.4. The number of hydrogen-bond donors (Lipinski definition) is 0. The van der Waals surface area contributed by atoms with Gasteiger partial charge in [0.15, 0.2) is 0 Å². The first kappa shape index (κ1) is 27.0. The predicted octanol–water partition coefficient (Wildman–Crippen LogP) is 3.31. The molecule has 2 aromatic rings. The van der Waals surface area contributed by atoms with Gasteiger partial charge in [-0.15, -0.1) is 0 Å². The lowest BCUT2D eigenvalue weighted by molar-refractivity contribution is -0.138. The Labute approximate surface area is 217 Å². The van der Waals surface area contributed by atoms with E-state index in [1.165, 1.54) is 45.2 Å². The topological polar surface area (TPSA) is 94.1 Å². The highest BCUT2D eigenvalue weighted by atomic mass is 35.5. The molecule has 37 heavy (non-hydrogen) atoms. The van der Waals surface area contributed by atoms with Crippen molar-refractivity contribution in [2.45, 2.75) is 37.0 Å². The molecule has 9 nitrogen and oxygen atoms in total. The van der Waals surface area contributed by atoms with Gasteiger partial charge in [-0.2, -0.15) is 13.2 Å². The number of hydrogen-bond acceptors (Lipinski definition) is 6. The molecule has 3 heterocycles. The molecule has 2 saturated heterocycles. The number of benzene rings is 1. The number of pyridine rings is 1. The number of halogens is 4. The Hall–Kier alpha value is -3.06. The van der Waals surface area contributed by atoms with Crippen molar-refractivity contribution in [3.05, 3.63) is 53.2 Å². The second-order valence-electron chi connectivity index (χ2n) is 8.95. The summed E-state index contributed by atoms with van der Waals surface area (Å²) in [5.74, 6) is -0.686. The lowest BCUT2D eigenvalue weighted by Crippen LogP contribution is -2.55. The van der Waals surface area contributed by atoms with Gasteiger partial charge in [-0.25, -0.2) is 22.5 Å². The van der Waals surface area contributed by atoms with E-state index in [9.17, 15) is 31.2 Å². The smallest absolute Gasteiger partial charge is 0.353 e. The van der Waals surface area contributed by atoms with E-state index in [1.807, 2.05) is 0 Å². The van der Waals surface area contributed by atoms with E-state index < -0.39 is 52.3 Å². The van der Waals surface area contributed by atoms with Crippen molar-refractivity contribution in [1.29, 1.82) is 0 Å². The van der Waals surface area contributed by atoms with Crippen LogP contribution in [0.15, 0.2) is 47.5 Å². The molecule has 0 spiro atoms. The minimum atomic E-state index is -4.57. The van der Waals surface area contributed by atoms with Crippen LogP contribution in [-0.2, 0) is 21.0 Å². The molecule has 0 radical (unpaired) electrons. The highest BCUT2D eigenvalue weighted by Gasteiger charge is 2.49. The molecule has 0 N–H and O–H groups in total. The molecule has 2 aliphatic rings. The lowest BCUT2D eigenvalue weighted by Gasteiger charge is -2.38. The lowest BCUT2D eigenvalue weighted by atomic mass is 10.1. The van der Waals surface area contributed by atoms with Crippen LogP contribution in [0.25, 0.3) is 0 Å². The second kappa shape index (κ2) is 10.0. The molecule has 0 aliphatic carbocycles. The van der Waals surface area contributed by atoms with Crippen LogP contribution in [0.4, 0.5) is 23.8 Å². The summed E-state index contributed by atoms with van der Waals surface area (Å²) >= 11 is 6.07. The van der Waals surface area contributed by atoms with E-state index >= 15 is 0 Å². The van der Waals surface area contributed by atoms with Crippen molar-refractivity contribution >= 4 is 39.4 Å². The quantitative estimate of drug-likeness (QED) is 0.558. The van der Waals surface area contributed by atoms with E-state index in [0.29, 0.717) is 4.31 Å². The van der Waals surface area contributed by atoms with Crippen molar-refractivity contribution in [3.8, 4) is 0 Å². The van der Waals surface area contributed by atoms with Gasteiger partial charge >= 0.3 is 12.2 Å². The third-order valence-electron chi connectivity index (χ3n) is 6.34.